The number of fused-ring (bicyclic) bond motifs is 3. The van der Waals surface area contributed by atoms with Crippen LogP contribution in [0.15, 0.2) is 72.1 Å². The first-order chi connectivity index (χ1) is 35.6. The van der Waals surface area contributed by atoms with E-state index in [0.717, 1.165) is 11.1 Å². The van der Waals surface area contributed by atoms with Gasteiger partial charge in [-0.1, -0.05) is 71.1 Å². The Bertz CT molecular complexity index is 2260. The smallest absolute Gasteiger partial charge is 0.373 e. The van der Waals surface area contributed by atoms with Gasteiger partial charge in [-0.15, -0.1) is 0 Å². The maximum Gasteiger partial charge on any atom is 0.373 e. The number of aryl methyl sites for hydroxylation is 1. The molecule has 4 aliphatic rings. The normalized spacial score (nSPS) is 36.5. The average Bonchev–Trinajstić information content (AvgIpc) is 3.38. The molecule has 1 aliphatic carbocycles. The molecule has 2 bridgehead atoms. The molecular formula is C59H87N2O14+. The van der Waals surface area contributed by atoms with Gasteiger partial charge in [-0.2, -0.15) is 4.57 Å². The molecule has 1 amide bonds. The first kappa shape index (κ1) is 61.1. The summed E-state index contributed by atoms with van der Waals surface area (Å²) in [6, 6.07) is 2.65. The van der Waals surface area contributed by atoms with Crippen molar-refractivity contribution in [2.45, 2.75) is 194 Å². The molecule has 16 heteroatoms. The van der Waals surface area contributed by atoms with Crippen LogP contribution in [-0.2, 0) is 63.7 Å². The lowest BCUT2D eigenvalue weighted by molar-refractivity contribution is -0.686. The van der Waals surface area contributed by atoms with Gasteiger partial charge in [0.25, 0.3) is 11.7 Å². The number of piperidine rings is 1. The lowest BCUT2D eigenvalue weighted by atomic mass is 9.78. The van der Waals surface area contributed by atoms with Crippen molar-refractivity contribution >= 4 is 35.2 Å². The number of ether oxygens (including phenoxy) is 6. The molecule has 0 aromatic carbocycles. The summed E-state index contributed by atoms with van der Waals surface area (Å²) >= 11 is 0. The number of aliphatic hydroxyl groups is 2. The number of hydrogen-bond acceptors (Lipinski definition) is 14. The maximum atomic E-state index is 14.6. The summed E-state index contributed by atoms with van der Waals surface area (Å²) in [7, 11) is 4.54. The van der Waals surface area contributed by atoms with Gasteiger partial charge in [-0.25, -0.2) is 9.59 Å². The first-order valence-corrected chi connectivity index (χ1v) is 27.2. The van der Waals surface area contributed by atoms with E-state index in [4.69, 9.17) is 28.4 Å². The van der Waals surface area contributed by atoms with Crippen molar-refractivity contribution in [3.05, 3.63) is 77.7 Å². The molecule has 416 valence electrons. The number of cyclic esters (lactones) is 1. The zero-order valence-electron chi connectivity index (χ0n) is 46.4. The van der Waals surface area contributed by atoms with Crippen molar-refractivity contribution in [2.75, 3.05) is 27.9 Å². The van der Waals surface area contributed by atoms with Crippen molar-refractivity contribution in [3.8, 4) is 0 Å². The molecular weight excluding hydrogens is 961 g/mol. The Kier molecular flexibility index (Phi) is 23.3. The quantitative estimate of drug-likeness (QED) is 0.110. The first-order valence-electron chi connectivity index (χ1n) is 27.2. The molecule has 75 heavy (non-hydrogen) atoms. The van der Waals surface area contributed by atoms with Crippen LogP contribution in [0.25, 0.3) is 0 Å². The van der Waals surface area contributed by atoms with Gasteiger partial charge in [0.05, 0.1) is 18.3 Å². The highest BCUT2D eigenvalue weighted by molar-refractivity contribution is 6.39. The highest BCUT2D eigenvalue weighted by Crippen LogP contribution is 2.38. The number of ketones is 3. The summed E-state index contributed by atoms with van der Waals surface area (Å²) in [6.45, 7) is 14.7. The maximum absolute atomic E-state index is 14.6. The van der Waals surface area contributed by atoms with E-state index >= 15 is 0 Å². The minimum atomic E-state index is -2.45. The lowest BCUT2D eigenvalue weighted by Crippen LogP contribution is -2.61. The van der Waals surface area contributed by atoms with Crippen molar-refractivity contribution in [1.82, 2.24) is 4.90 Å². The molecule has 2 saturated heterocycles. The lowest BCUT2D eigenvalue weighted by Gasteiger charge is -2.42. The number of pyridine rings is 1. The number of aromatic nitrogens is 1. The second-order valence-corrected chi connectivity index (χ2v) is 22.1. The molecule has 16 nitrogen and oxygen atoms in total. The number of rotatable bonds is 9. The van der Waals surface area contributed by atoms with Gasteiger partial charge in [-0.05, 0) is 120 Å². The predicted octanol–water partition coefficient (Wildman–Crippen LogP) is 7.03. The predicted molar refractivity (Wildman–Crippen MR) is 280 cm³/mol. The van der Waals surface area contributed by atoms with Crippen LogP contribution in [0.1, 0.15) is 131 Å². The van der Waals surface area contributed by atoms with Gasteiger partial charge in [0.1, 0.15) is 36.2 Å². The number of amides is 1. The molecule has 0 unspecified atom stereocenters. The third-order valence-corrected chi connectivity index (χ3v) is 16.1. The summed E-state index contributed by atoms with van der Waals surface area (Å²) in [5.74, 6) is -8.66. The van der Waals surface area contributed by atoms with Crippen LogP contribution in [-0.4, -0.2) is 133 Å². The Labute approximate surface area is 445 Å². The number of esters is 2. The van der Waals surface area contributed by atoms with Crippen LogP contribution in [0.3, 0.4) is 0 Å². The number of carbonyl (C=O) groups is 6. The monoisotopic (exact) mass is 1050 g/mol. The number of hydrogen-bond donors (Lipinski definition) is 2. The van der Waals surface area contributed by atoms with E-state index in [1.165, 1.54) is 12.0 Å². The molecule has 3 fully saturated rings. The highest BCUT2D eigenvalue weighted by atomic mass is 16.6. The van der Waals surface area contributed by atoms with Crippen LogP contribution in [0.2, 0.25) is 0 Å². The second-order valence-electron chi connectivity index (χ2n) is 22.1. The van der Waals surface area contributed by atoms with Crippen LogP contribution >= 0.6 is 0 Å². The Morgan fingerprint density at radius 3 is 2.32 bits per heavy atom. The Hall–Kier alpha value is -4.71. The minimum absolute atomic E-state index is 0.00441. The zero-order valence-corrected chi connectivity index (χ0v) is 46.4. The number of nitrogens with zero attached hydrogens (tertiary/aromatic N) is 2. The molecule has 5 rings (SSSR count). The van der Waals surface area contributed by atoms with Crippen molar-refractivity contribution in [1.29, 1.82) is 0 Å². The number of methoxy groups -OCH3 is 3. The molecule has 2 N–H and O–H groups in total. The summed E-state index contributed by atoms with van der Waals surface area (Å²) in [5, 5.41) is 23.6. The van der Waals surface area contributed by atoms with Gasteiger partial charge >= 0.3 is 11.9 Å². The summed E-state index contributed by atoms with van der Waals surface area (Å²) in [6.07, 6.45) is 14.5. The van der Waals surface area contributed by atoms with Gasteiger partial charge in [-0.3, -0.25) is 19.2 Å². The van der Waals surface area contributed by atoms with E-state index in [9.17, 15) is 39.0 Å². The topological polar surface area (TPSA) is 205 Å². The van der Waals surface area contributed by atoms with Crippen LogP contribution < -0.4 is 4.57 Å². The molecule has 0 spiro atoms. The van der Waals surface area contributed by atoms with E-state index in [2.05, 4.69) is 0 Å². The second kappa shape index (κ2) is 28.6. The molecule has 15 atom stereocenters. The fourth-order valence-electron chi connectivity index (χ4n) is 11.3. The third kappa shape index (κ3) is 16.6. The Morgan fingerprint density at radius 1 is 0.880 bits per heavy atom. The number of carbonyl (C=O) groups excluding carboxylic acids is 6. The van der Waals surface area contributed by atoms with Gasteiger partial charge in [0.15, 0.2) is 18.2 Å². The molecule has 1 aromatic rings. The van der Waals surface area contributed by atoms with E-state index in [1.54, 1.807) is 45.6 Å². The molecule has 0 radical (unpaired) electrons. The fraction of sp³-hybridized carbons (Fsp3) is 0.678. The summed E-state index contributed by atoms with van der Waals surface area (Å²) in [5.41, 5.74) is 2.26. The van der Waals surface area contributed by atoms with Gasteiger partial charge in [0, 0.05) is 70.1 Å². The fourth-order valence-corrected chi connectivity index (χ4v) is 11.3. The number of Topliss-reactive ketones (excluding diaryl/α,β-unsaturated/α-hetero) is 3. The molecule has 3 aliphatic heterocycles. The summed E-state index contributed by atoms with van der Waals surface area (Å²) < 4.78 is 37.6. The van der Waals surface area contributed by atoms with E-state index in [-0.39, 0.29) is 55.3 Å². The van der Waals surface area contributed by atoms with E-state index < -0.39 is 95.9 Å². The van der Waals surface area contributed by atoms with Crippen molar-refractivity contribution in [2.24, 2.45) is 35.5 Å². The summed E-state index contributed by atoms with van der Waals surface area (Å²) in [4.78, 5) is 85.7. The van der Waals surface area contributed by atoms with Crippen LogP contribution in [0.5, 0.6) is 0 Å². The number of allylic oxidation sites excluding steroid dienone is 6. The molecule has 1 saturated carbocycles. The van der Waals surface area contributed by atoms with Gasteiger partial charge in [0.2, 0.25) is 12.3 Å². The standard InChI is InChI=1S/C59H87N2O14/c1-36-18-13-12-14-20-38(3)49(70-9)32-45-24-22-43(8)59(69,75-45)56(66)57(67)61-27-16-15-21-46(61)58(68)74-50(33-47(62)39(4)29-42(7)54(65)55(72-11)53(64)41(6)28-36)40(5)30-44-23-25-48(51(31-44)71-10)73-52(63)35-60-26-17-19-37(2)34-60/h12-14,17-20,26,29,34,36,39-41,43-46,48-51,54-55,65,69H,15-16,21-25,27-28,30-33,35H2,1-11H3/q+1/b14-12+,18-13+,38-20+,42-29+/t36-,39-,40-,41-,43-,44+,45+,46+,48-,49+,50+,51-,54-,55+,59-/m1/s1. The van der Waals surface area contributed by atoms with Crippen molar-refractivity contribution in [3.63, 3.8) is 0 Å². The minimum Gasteiger partial charge on any atom is -0.460 e. The number of aliphatic hydroxyl groups excluding tert-OH is 1. The average molecular weight is 1050 g/mol. The zero-order chi connectivity index (χ0) is 55.1. The Balaban J connectivity index is 1.43. The van der Waals surface area contributed by atoms with Gasteiger partial charge < -0.3 is 43.5 Å². The highest BCUT2D eigenvalue weighted by Gasteiger charge is 2.53. The van der Waals surface area contributed by atoms with Crippen LogP contribution in [0.4, 0.5) is 0 Å². The third-order valence-electron chi connectivity index (χ3n) is 16.1. The van der Waals surface area contributed by atoms with E-state index in [0.29, 0.717) is 69.8 Å². The van der Waals surface area contributed by atoms with E-state index in [1.807, 2.05) is 89.5 Å². The largest absolute Gasteiger partial charge is 0.460 e. The SMILES string of the molecule is CO[C@H]1C[C@@H]2CC[C@@H](C)[C@@](O)(O2)C(=O)C(=O)N2CCCC[C@H]2C(=O)O[C@H]([C@H](C)C[C@@H]2CC[C@@H](OC(=O)C[n+]3cccc(C)c3)[C@H](OC)C2)CC(=O)[C@H](C)/C=C(\C)[C@@H](O)[C@@H](OC)C(=O)[C@H](C)C[C@H](C)/C=C/C=C/C=C/1C. The molecule has 4 heterocycles. The molecule has 1 aromatic heterocycles. The Morgan fingerprint density at radius 2 is 1.63 bits per heavy atom. The van der Waals surface area contributed by atoms with Crippen LogP contribution in [0, 0.1) is 42.4 Å². The van der Waals surface area contributed by atoms with Crippen molar-refractivity contribution < 1.29 is 72.0 Å².